The third kappa shape index (κ3) is 5.98. The van der Waals surface area contributed by atoms with Gasteiger partial charge in [0.1, 0.15) is 0 Å². The van der Waals surface area contributed by atoms with E-state index in [4.69, 9.17) is 4.74 Å². The first kappa shape index (κ1) is 24.0. The number of aryl methyl sites for hydroxylation is 3. The van der Waals surface area contributed by atoms with Crippen LogP contribution in [0, 0.1) is 20.8 Å². The number of ether oxygens (including phenoxy) is 1. The van der Waals surface area contributed by atoms with Gasteiger partial charge >= 0.3 is 5.97 Å². The topological polar surface area (TPSA) is 92.8 Å². The van der Waals surface area contributed by atoms with E-state index in [1.165, 1.54) is 31.3 Å². The highest BCUT2D eigenvalue weighted by Gasteiger charge is 2.23. The monoisotopic (exact) mass is 466 g/mol. The molecule has 3 rings (SSSR count). The van der Waals surface area contributed by atoms with Gasteiger partial charge in [-0.1, -0.05) is 29.8 Å². The maximum atomic E-state index is 13.0. The second-order valence-corrected chi connectivity index (χ2v) is 9.81. The SMILES string of the molecule is Cc1ccc(N(C)S(=O)(=O)c2cccc(C(=O)OCC(=O)Nc3cc(C)cc(C)c3)c2)cc1. The molecule has 0 saturated carbocycles. The molecule has 3 aromatic carbocycles. The molecule has 0 bridgehead atoms. The second-order valence-electron chi connectivity index (χ2n) is 7.84. The van der Waals surface area contributed by atoms with Crippen LogP contribution in [0.4, 0.5) is 11.4 Å². The Bertz CT molecular complexity index is 1260. The molecule has 1 amide bonds. The summed E-state index contributed by atoms with van der Waals surface area (Å²) in [6.45, 7) is 5.25. The number of carbonyl (C=O) groups is 2. The first-order chi connectivity index (χ1) is 15.6. The molecule has 172 valence electrons. The number of hydrogen-bond donors (Lipinski definition) is 1. The van der Waals surface area contributed by atoms with E-state index < -0.39 is 28.5 Å². The van der Waals surface area contributed by atoms with Crippen LogP contribution in [-0.4, -0.2) is 33.9 Å². The van der Waals surface area contributed by atoms with Crippen molar-refractivity contribution < 1.29 is 22.7 Å². The van der Waals surface area contributed by atoms with Crippen molar-refractivity contribution in [2.75, 3.05) is 23.3 Å². The summed E-state index contributed by atoms with van der Waals surface area (Å²) in [4.78, 5) is 24.6. The van der Waals surface area contributed by atoms with E-state index in [0.29, 0.717) is 11.4 Å². The lowest BCUT2D eigenvalue weighted by Crippen LogP contribution is -2.27. The Labute approximate surface area is 194 Å². The molecule has 8 heteroatoms. The number of carbonyl (C=O) groups excluding carboxylic acids is 2. The summed E-state index contributed by atoms with van der Waals surface area (Å²) < 4.78 is 32.3. The van der Waals surface area contributed by atoms with Crippen molar-refractivity contribution >= 4 is 33.3 Å². The van der Waals surface area contributed by atoms with Gasteiger partial charge < -0.3 is 10.1 Å². The minimum atomic E-state index is -3.89. The van der Waals surface area contributed by atoms with Crippen LogP contribution in [0.1, 0.15) is 27.0 Å². The molecular weight excluding hydrogens is 440 g/mol. The molecule has 0 atom stereocenters. The van der Waals surface area contributed by atoms with E-state index in [2.05, 4.69) is 5.32 Å². The average Bonchev–Trinajstić information content (AvgIpc) is 2.77. The van der Waals surface area contributed by atoms with Gasteiger partial charge in [0.05, 0.1) is 16.1 Å². The Morgan fingerprint density at radius 3 is 2.15 bits per heavy atom. The van der Waals surface area contributed by atoms with E-state index in [0.717, 1.165) is 21.0 Å². The third-order valence-corrected chi connectivity index (χ3v) is 6.75. The Balaban J connectivity index is 1.68. The van der Waals surface area contributed by atoms with Gasteiger partial charge in [-0.15, -0.1) is 0 Å². The van der Waals surface area contributed by atoms with Crippen molar-refractivity contribution in [2.45, 2.75) is 25.7 Å². The zero-order valence-electron chi connectivity index (χ0n) is 19.0. The van der Waals surface area contributed by atoms with E-state index in [-0.39, 0.29) is 10.5 Å². The van der Waals surface area contributed by atoms with E-state index in [9.17, 15) is 18.0 Å². The lowest BCUT2D eigenvalue weighted by molar-refractivity contribution is -0.119. The number of esters is 1. The van der Waals surface area contributed by atoms with Gasteiger partial charge in [-0.2, -0.15) is 0 Å². The van der Waals surface area contributed by atoms with Crippen molar-refractivity contribution in [3.05, 3.63) is 89.0 Å². The van der Waals surface area contributed by atoms with E-state index >= 15 is 0 Å². The molecule has 0 unspecified atom stereocenters. The molecule has 0 heterocycles. The van der Waals surface area contributed by atoms with Gasteiger partial charge in [0.25, 0.3) is 15.9 Å². The quantitative estimate of drug-likeness (QED) is 0.526. The molecule has 0 saturated heterocycles. The van der Waals surface area contributed by atoms with Gasteiger partial charge in [-0.05, 0) is 74.4 Å². The van der Waals surface area contributed by atoms with E-state index in [1.807, 2.05) is 51.1 Å². The van der Waals surface area contributed by atoms with Crippen molar-refractivity contribution in [1.82, 2.24) is 0 Å². The fraction of sp³-hybridized carbons (Fsp3) is 0.200. The first-order valence-corrected chi connectivity index (χ1v) is 11.7. The predicted octanol–water partition coefficient (Wildman–Crippen LogP) is 4.23. The molecular formula is C25H26N2O5S. The molecule has 0 radical (unpaired) electrons. The molecule has 0 aliphatic heterocycles. The Morgan fingerprint density at radius 1 is 0.879 bits per heavy atom. The number of amides is 1. The van der Waals surface area contributed by atoms with Gasteiger partial charge in [0.15, 0.2) is 6.61 Å². The highest BCUT2D eigenvalue weighted by atomic mass is 32.2. The number of benzene rings is 3. The van der Waals surface area contributed by atoms with Gasteiger partial charge in [0.2, 0.25) is 0 Å². The van der Waals surface area contributed by atoms with Crippen molar-refractivity contribution in [2.24, 2.45) is 0 Å². The molecule has 0 aliphatic carbocycles. The summed E-state index contributed by atoms with van der Waals surface area (Å²) in [5, 5.41) is 2.68. The number of sulfonamides is 1. The van der Waals surface area contributed by atoms with Gasteiger partial charge in [-0.3, -0.25) is 9.10 Å². The second kappa shape index (κ2) is 9.87. The van der Waals surface area contributed by atoms with Crippen LogP contribution in [0.15, 0.2) is 71.6 Å². The van der Waals surface area contributed by atoms with Crippen molar-refractivity contribution in [3.63, 3.8) is 0 Å². The molecule has 33 heavy (non-hydrogen) atoms. The third-order valence-electron chi connectivity index (χ3n) is 4.97. The van der Waals surface area contributed by atoms with Crippen LogP contribution in [0.25, 0.3) is 0 Å². The normalized spacial score (nSPS) is 11.0. The van der Waals surface area contributed by atoms with Crippen LogP contribution in [-0.2, 0) is 19.6 Å². The number of hydrogen-bond acceptors (Lipinski definition) is 5. The Kier molecular flexibility index (Phi) is 7.18. The standard InChI is InChI=1S/C25H26N2O5S/c1-17-8-10-22(11-9-17)27(4)33(30,31)23-7-5-6-20(15-23)25(29)32-16-24(28)26-21-13-18(2)12-19(3)14-21/h5-15H,16H2,1-4H3,(H,26,28). The summed E-state index contributed by atoms with van der Waals surface area (Å²) in [5.74, 6) is -1.28. The van der Waals surface area contributed by atoms with Crippen LogP contribution < -0.4 is 9.62 Å². The minimum Gasteiger partial charge on any atom is -0.452 e. The summed E-state index contributed by atoms with van der Waals surface area (Å²) in [7, 11) is -2.45. The molecule has 3 aromatic rings. The molecule has 0 aromatic heterocycles. The van der Waals surface area contributed by atoms with Gasteiger partial charge in [0, 0.05) is 12.7 Å². The molecule has 0 fully saturated rings. The Hall–Kier alpha value is -3.65. The van der Waals surface area contributed by atoms with Crippen LogP contribution in [0.5, 0.6) is 0 Å². The summed E-state index contributed by atoms with van der Waals surface area (Å²) >= 11 is 0. The zero-order chi connectivity index (χ0) is 24.2. The highest BCUT2D eigenvalue weighted by Crippen LogP contribution is 2.23. The summed E-state index contributed by atoms with van der Waals surface area (Å²) in [5.41, 5.74) is 4.15. The molecule has 1 N–H and O–H groups in total. The first-order valence-electron chi connectivity index (χ1n) is 10.3. The molecule has 0 aliphatic rings. The fourth-order valence-corrected chi connectivity index (χ4v) is 4.54. The number of nitrogens with zero attached hydrogens (tertiary/aromatic N) is 1. The van der Waals surface area contributed by atoms with Gasteiger partial charge in [-0.25, -0.2) is 13.2 Å². The van der Waals surface area contributed by atoms with Crippen molar-refractivity contribution in [3.8, 4) is 0 Å². The fourth-order valence-electron chi connectivity index (χ4n) is 3.29. The summed E-state index contributed by atoms with van der Waals surface area (Å²) in [6.07, 6.45) is 0. The largest absolute Gasteiger partial charge is 0.452 e. The average molecular weight is 467 g/mol. The van der Waals surface area contributed by atoms with Crippen molar-refractivity contribution in [1.29, 1.82) is 0 Å². The molecule has 0 spiro atoms. The minimum absolute atomic E-state index is 0.0348. The smallest absolute Gasteiger partial charge is 0.338 e. The predicted molar refractivity (Wildman–Crippen MR) is 128 cm³/mol. The Morgan fingerprint density at radius 2 is 1.52 bits per heavy atom. The van der Waals surface area contributed by atoms with E-state index in [1.54, 1.807) is 12.1 Å². The zero-order valence-corrected chi connectivity index (χ0v) is 19.8. The highest BCUT2D eigenvalue weighted by molar-refractivity contribution is 7.92. The maximum absolute atomic E-state index is 13.0. The summed E-state index contributed by atoms with van der Waals surface area (Å²) in [6, 6.07) is 18.2. The van der Waals surface area contributed by atoms with Crippen LogP contribution in [0.3, 0.4) is 0 Å². The number of anilines is 2. The van der Waals surface area contributed by atoms with Crippen LogP contribution >= 0.6 is 0 Å². The lowest BCUT2D eigenvalue weighted by atomic mass is 10.1. The molecule has 7 nitrogen and oxygen atoms in total. The lowest BCUT2D eigenvalue weighted by Gasteiger charge is -2.20. The number of rotatable bonds is 7. The maximum Gasteiger partial charge on any atom is 0.338 e. The van der Waals surface area contributed by atoms with Crippen LogP contribution in [0.2, 0.25) is 0 Å². The number of nitrogens with one attached hydrogen (secondary N) is 1.